The largest absolute Gasteiger partial charge is 0.464 e. The molecule has 2 atom stereocenters. The van der Waals surface area contributed by atoms with Crippen molar-refractivity contribution in [2.45, 2.75) is 23.6 Å². The van der Waals surface area contributed by atoms with Gasteiger partial charge >= 0.3 is 5.97 Å². The number of carbonyl (C=O) groups excluding carboxylic acids is 1. The zero-order valence-corrected chi connectivity index (χ0v) is 14.8. The van der Waals surface area contributed by atoms with E-state index in [-0.39, 0.29) is 6.61 Å². The second-order valence-corrected chi connectivity index (χ2v) is 7.28. The van der Waals surface area contributed by atoms with Crippen molar-refractivity contribution in [2.24, 2.45) is 0 Å². The van der Waals surface area contributed by atoms with Crippen molar-refractivity contribution in [3.63, 3.8) is 0 Å². The van der Waals surface area contributed by atoms with Crippen LogP contribution in [0, 0.1) is 0 Å². The van der Waals surface area contributed by atoms with Gasteiger partial charge in [-0.15, -0.1) is 6.58 Å². The highest BCUT2D eigenvalue weighted by molar-refractivity contribution is 7.99. The van der Waals surface area contributed by atoms with Crippen molar-refractivity contribution in [1.82, 2.24) is 19.5 Å². The van der Waals surface area contributed by atoms with E-state index in [9.17, 15) is 9.90 Å². The molecular formula is C15H18N4O3S2. The van der Waals surface area contributed by atoms with E-state index in [1.54, 1.807) is 23.9 Å². The number of imidazole rings is 1. The monoisotopic (exact) mass is 366 g/mol. The number of ether oxygens (including phenoxy) is 1. The first-order chi connectivity index (χ1) is 11.6. The predicted octanol–water partition coefficient (Wildman–Crippen LogP) is 1.47. The summed E-state index contributed by atoms with van der Waals surface area (Å²) in [5, 5.41) is 11.3. The van der Waals surface area contributed by atoms with Crippen molar-refractivity contribution in [2.75, 3.05) is 23.9 Å². The summed E-state index contributed by atoms with van der Waals surface area (Å²) in [6.45, 7) is 5.70. The molecule has 2 unspecified atom stereocenters. The van der Waals surface area contributed by atoms with Crippen molar-refractivity contribution in [1.29, 1.82) is 0 Å². The van der Waals surface area contributed by atoms with E-state index in [1.807, 2.05) is 0 Å². The zero-order chi connectivity index (χ0) is 17.2. The van der Waals surface area contributed by atoms with Crippen LogP contribution in [0.3, 0.4) is 0 Å². The quantitative estimate of drug-likeness (QED) is 0.356. The molecule has 0 radical (unpaired) electrons. The fourth-order valence-electron chi connectivity index (χ4n) is 2.69. The van der Waals surface area contributed by atoms with Crippen LogP contribution in [0.2, 0.25) is 0 Å². The Balaban J connectivity index is 2.12. The third kappa shape index (κ3) is 2.70. The van der Waals surface area contributed by atoms with Crippen LogP contribution in [-0.2, 0) is 15.1 Å². The molecule has 1 fully saturated rings. The number of nitrogens with zero attached hydrogens (tertiary/aromatic N) is 4. The fraction of sp³-hybridized carbons (Fsp3) is 0.467. The highest BCUT2D eigenvalue weighted by Crippen LogP contribution is 2.38. The van der Waals surface area contributed by atoms with E-state index in [1.165, 1.54) is 29.9 Å². The average Bonchev–Trinajstić information content (AvgIpc) is 3.17. The number of rotatable bonds is 6. The molecule has 0 bridgehead atoms. The highest BCUT2D eigenvalue weighted by Gasteiger charge is 2.53. The van der Waals surface area contributed by atoms with Crippen molar-refractivity contribution in [3.05, 3.63) is 25.3 Å². The summed E-state index contributed by atoms with van der Waals surface area (Å²) in [7, 11) is 0. The maximum absolute atomic E-state index is 12.7. The van der Waals surface area contributed by atoms with Gasteiger partial charge in [-0.05, 0) is 6.92 Å². The average molecular weight is 366 g/mol. The first-order valence-electron chi connectivity index (χ1n) is 7.50. The molecule has 2 aromatic rings. The second kappa shape index (κ2) is 7.12. The predicted molar refractivity (Wildman–Crippen MR) is 94.2 cm³/mol. The molecule has 3 rings (SSSR count). The lowest BCUT2D eigenvalue weighted by molar-refractivity contribution is -0.157. The minimum atomic E-state index is -1.20. The highest BCUT2D eigenvalue weighted by atomic mass is 32.2. The minimum absolute atomic E-state index is 0.250. The number of aliphatic hydroxyl groups excluding tert-OH is 1. The molecule has 24 heavy (non-hydrogen) atoms. The number of hydrogen-bond acceptors (Lipinski definition) is 8. The number of carbonyl (C=O) groups is 1. The summed E-state index contributed by atoms with van der Waals surface area (Å²) in [5.41, 5.74) is -0.0762. The molecule has 1 aliphatic heterocycles. The Bertz CT molecular complexity index is 766. The molecule has 0 spiro atoms. The lowest BCUT2D eigenvalue weighted by Crippen LogP contribution is -2.51. The number of fused-ring (bicyclic) bond motifs is 1. The van der Waals surface area contributed by atoms with Gasteiger partial charge < -0.3 is 9.84 Å². The molecule has 1 aliphatic rings. The smallest absolute Gasteiger partial charge is 0.336 e. The Morgan fingerprint density at radius 2 is 2.46 bits per heavy atom. The molecule has 0 saturated carbocycles. The van der Waals surface area contributed by atoms with Crippen LogP contribution in [0.15, 0.2) is 30.3 Å². The van der Waals surface area contributed by atoms with Gasteiger partial charge in [0.25, 0.3) is 0 Å². The molecule has 1 saturated heterocycles. The van der Waals surface area contributed by atoms with E-state index < -0.39 is 17.6 Å². The van der Waals surface area contributed by atoms with E-state index in [0.717, 1.165) is 5.03 Å². The lowest BCUT2D eigenvalue weighted by Gasteiger charge is -2.30. The van der Waals surface area contributed by atoms with Crippen LogP contribution in [-0.4, -0.2) is 60.6 Å². The van der Waals surface area contributed by atoms with Gasteiger partial charge in [0.1, 0.15) is 16.9 Å². The summed E-state index contributed by atoms with van der Waals surface area (Å²) in [4.78, 5) is 25.6. The van der Waals surface area contributed by atoms with Gasteiger partial charge in [0.05, 0.1) is 19.0 Å². The van der Waals surface area contributed by atoms with Gasteiger partial charge in [0.2, 0.25) is 0 Å². The van der Waals surface area contributed by atoms with Gasteiger partial charge in [0.15, 0.2) is 11.2 Å². The summed E-state index contributed by atoms with van der Waals surface area (Å²) < 4.78 is 6.89. The molecule has 128 valence electrons. The molecule has 0 aliphatic carbocycles. The van der Waals surface area contributed by atoms with Crippen LogP contribution in [0.1, 0.15) is 6.92 Å². The maximum atomic E-state index is 12.7. The van der Waals surface area contributed by atoms with Crippen LogP contribution in [0.5, 0.6) is 0 Å². The van der Waals surface area contributed by atoms with E-state index in [4.69, 9.17) is 4.74 Å². The van der Waals surface area contributed by atoms with Crippen molar-refractivity contribution < 1.29 is 14.6 Å². The summed E-state index contributed by atoms with van der Waals surface area (Å²) in [6, 6.07) is 0. The Hall–Kier alpha value is -1.58. The topological polar surface area (TPSA) is 90.1 Å². The lowest BCUT2D eigenvalue weighted by atomic mass is 9.95. The number of hydrogen-bond donors (Lipinski definition) is 1. The number of aliphatic hydroxyl groups is 1. The van der Waals surface area contributed by atoms with Crippen LogP contribution in [0.25, 0.3) is 11.2 Å². The second-order valence-electron chi connectivity index (χ2n) is 5.24. The zero-order valence-electron chi connectivity index (χ0n) is 13.2. The van der Waals surface area contributed by atoms with Crippen molar-refractivity contribution in [3.8, 4) is 0 Å². The van der Waals surface area contributed by atoms with Gasteiger partial charge in [-0.25, -0.2) is 19.7 Å². The first-order valence-corrected chi connectivity index (χ1v) is 9.64. The van der Waals surface area contributed by atoms with Gasteiger partial charge in [-0.3, -0.25) is 4.57 Å². The van der Waals surface area contributed by atoms with Crippen LogP contribution in [0.4, 0.5) is 0 Å². The molecule has 0 amide bonds. The molecule has 7 nitrogen and oxygen atoms in total. The van der Waals surface area contributed by atoms with E-state index in [0.29, 0.717) is 28.4 Å². The SMILES string of the molecule is C=CCSc1ncnc2c1ncn2C1(C(=O)OCC)CSCC1O. The first kappa shape index (κ1) is 17.2. The van der Waals surface area contributed by atoms with E-state index >= 15 is 0 Å². The van der Waals surface area contributed by atoms with Crippen LogP contribution < -0.4 is 0 Å². The Labute approximate surface area is 147 Å². The van der Waals surface area contributed by atoms with Crippen LogP contribution >= 0.6 is 23.5 Å². The molecule has 3 heterocycles. The molecular weight excluding hydrogens is 348 g/mol. The fourth-order valence-corrected chi connectivity index (χ4v) is 4.74. The molecule has 1 N–H and O–H groups in total. The Kier molecular flexibility index (Phi) is 5.12. The number of esters is 1. The maximum Gasteiger partial charge on any atom is 0.336 e. The summed E-state index contributed by atoms with van der Waals surface area (Å²) in [5.74, 6) is 1.11. The third-order valence-electron chi connectivity index (χ3n) is 3.85. The molecule has 9 heteroatoms. The van der Waals surface area contributed by atoms with Crippen molar-refractivity contribution >= 4 is 40.7 Å². The summed E-state index contributed by atoms with van der Waals surface area (Å²) >= 11 is 3.00. The molecule has 2 aromatic heterocycles. The normalized spacial score (nSPS) is 23.5. The number of thioether (sulfide) groups is 2. The third-order valence-corrected chi connectivity index (χ3v) is 6.02. The Morgan fingerprint density at radius 1 is 1.62 bits per heavy atom. The van der Waals surface area contributed by atoms with Gasteiger partial charge in [-0.2, -0.15) is 11.8 Å². The number of aromatic nitrogens is 4. The van der Waals surface area contributed by atoms with E-state index in [2.05, 4.69) is 21.5 Å². The summed E-state index contributed by atoms with van der Waals surface area (Å²) in [6.07, 6.45) is 3.91. The van der Waals surface area contributed by atoms with Gasteiger partial charge in [-0.1, -0.05) is 17.8 Å². The standard InChI is InChI=1S/C15H18N4O3S2/c1-3-5-24-13-11-12(16-8-17-13)19(9-18-11)15(14(21)22-4-2)7-23-6-10(15)20/h3,8-10,20H,1,4-7H2,2H3. The Morgan fingerprint density at radius 3 is 3.12 bits per heavy atom. The minimum Gasteiger partial charge on any atom is -0.464 e. The molecule has 0 aromatic carbocycles. The van der Waals surface area contributed by atoms with Gasteiger partial charge in [0, 0.05) is 17.3 Å².